The minimum Gasteiger partial charge on any atom is -0.315 e. The van der Waals surface area contributed by atoms with Crippen molar-refractivity contribution in [1.82, 2.24) is 10.2 Å². The Morgan fingerprint density at radius 3 is 2.20 bits per heavy atom. The first-order valence-corrected chi connectivity index (χ1v) is 7.66. The van der Waals surface area contributed by atoms with E-state index in [9.17, 15) is 8.42 Å². The standard InChI is InChI=1S/C10H24N2O2S/c1-4-12(5-2)9-8-11-7-6-10-15(3,13)14/h11H,4-10H2,1-3H3. The molecule has 4 nitrogen and oxygen atoms in total. The lowest BCUT2D eigenvalue weighted by molar-refractivity contribution is 0.302. The molecule has 15 heavy (non-hydrogen) atoms. The molecule has 0 saturated carbocycles. The first-order valence-electron chi connectivity index (χ1n) is 5.60. The van der Waals surface area contributed by atoms with Gasteiger partial charge in [-0.25, -0.2) is 8.42 Å². The molecule has 0 aromatic carbocycles. The highest BCUT2D eigenvalue weighted by Gasteiger charge is 2.01. The van der Waals surface area contributed by atoms with Gasteiger partial charge >= 0.3 is 0 Å². The van der Waals surface area contributed by atoms with Crippen molar-refractivity contribution in [2.24, 2.45) is 0 Å². The number of hydrogen-bond donors (Lipinski definition) is 1. The summed E-state index contributed by atoms with van der Waals surface area (Å²) in [4.78, 5) is 2.34. The molecule has 0 rings (SSSR count). The maximum absolute atomic E-state index is 10.8. The third-order valence-corrected chi connectivity index (χ3v) is 3.40. The molecule has 0 fully saturated rings. The number of rotatable bonds is 9. The number of nitrogens with one attached hydrogen (secondary N) is 1. The highest BCUT2D eigenvalue weighted by molar-refractivity contribution is 7.90. The SMILES string of the molecule is CCN(CC)CCNCCCS(C)(=O)=O. The number of hydrogen-bond acceptors (Lipinski definition) is 4. The van der Waals surface area contributed by atoms with Gasteiger partial charge in [-0.15, -0.1) is 0 Å². The molecule has 5 heteroatoms. The topological polar surface area (TPSA) is 49.4 Å². The van der Waals surface area contributed by atoms with Crippen LogP contribution in [0.25, 0.3) is 0 Å². The average molecular weight is 236 g/mol. The highest BCUT2D eigenvalue weighted by atomic mass is 32.2. The zero-order chi connectivity index (χ0) is 11.7. The van der Waals surface area contributed by atoms with Crippen LogP contribution in [0.15, 0.2) is 0 Å². The summed E-state index contributed by atoms with van der Waals surface area (Å²) >= 11 is 0. The summed E-state index contributed by atoms with van der Waals surface area (Å²) in [7, 11) is -2.79. The van der Waals surface area contributed by atoms with Crippen molar-refractivity contribution in [2.75, 3.05) is 44.7 Å². The van der Waals surface area contributed by atoms with Gasteiger partial charge in [-0.2, -0.15) is 0 Å². The van der Waals surface area contributed by atoms with Gasteiger partial charge in [0.05, 0.1) is 5.75 Å². The minimum atomic E-state index is -2.79. The molecule has 0 aliphatic heterocycles. The van der Waals surface area contributed by atoms with E-state index in [1.807, 2.05) is 0 Å². The Labute approximate surface area is 94.0 Å². The maximum atomic E-state index is 10.8. The van der Waals surface area contributed by atoms with E-state index in [0.717, 1.165) is 32.7 Å². The molecule has 1 N–H and O–H groups in total. The summed E-state index contributed by atoms with van der Waals surface area (Å²) < 4.78 is 21.7. The Morgan fingerprint density at radius 1 is 1.13 bits per heavy atom. The second-order valence-corrected chi connectivity index (χ2v) is 6.02. The maximum Gasteiger partial charge on any atom is 0.147 e. The van der Waals surface area contributed by atoms with E-state index >= 15 is 0 Å². The lowest BCUT2D eigenvalue weighted by Gasteiger charge is -2.17. The van der Waals surface area contributed by atoms with Crippen molar-refractivity contribution in [3.63, 3.8) is 0 Å². The van der Waals surface area contributed by atoms with Crippen LogP contribution in [0.5, 0.6) is 0 Å². The Kier molecular flexibility index (Phi) is 8.00. The number of likely N-dealkylation sites (N-methyl/N-ethyl adjacent to an activating group) is 1. The summed E-state index contributed by atoms with van der Waals surface area (Å²) in [6, 6.07) is 0. The number of nitrogens with zero attached hydrogens (tertiary/aromatic N) is 1. The Hall–Kier alpha value is -0.130. The molecule has 0 radical (unpaired) electrons. The van der Waals surface area contributed by atoms with Gasteiger partial charge in [0.1, 0.15) is 9.84 Å². The third-order valence-electron chi connectivity index (χ3n) is 2.37. The van der Waals surface area contributed by atoms with Crippen LogP contribution in [0.1, 0.15) is 20.3 Å². The van der Waals surface area contributed by atoms with Crippen molar-refractivity contribution in [1.29, 1.82) is 0 Å². The van der Waals surface area contributed by atoms with E-state index in [4.69, 9.17) is 0 Å². The third kappa shape index (κ3) is 10.2. The molecule has 92 valence electrons. The summed E-state index contributed by atoms with van der Waals surface area (Å²) in [6.07, 6.45) is 1.99. The van der Waals surface area contributed by atoms with E-state index < -0.39 is 9.84 Å². The average Bonchev–Trinajstić information content (AvgIpc) is 2.15. The Morgan fingerprint density at radius 2 is 1.73 bits per heavy atom. The highest BCUT2D eigenvalue weighted by Crippen LogP contribution is 1.87. The van der Waals surface area contributed by atoms with Gasteiger partial charge in [0.2, 0.25) is 0 Å². The molecular weight excluding hydrogens is 212 g/mol. The molecule has 0 saturated heterocycles. The van der Waals surface area contributed by atoms with Crippen molar-refractivity contribution in [2.45, 2.75) is 20.3 Å². The fraction of sp³-hybridized carbons (Fsp3) is 1.00. The Balaban J connectivity index is 3.32. The fourth-order valence-corrected chi connectivity index (χ4v) is 2.03. The van der Waals surface area contributed by atoms with Gasteiger partial charge in [-0.05, 0) is 26.1 Å². The van der Waals surface area contributed by atoms with Gasteiger partial charge in [0.25, 0.3) is 0 Å². The lowest BCUT2D eigenvalue weighted by atomic mass is 10.4. The van der Waals surface area contributed by atoms with E-state index in [1.54, 1.807) is 0 Å². The molecular formula is C10H24N2O2S. The number of sulfone groups is 1. The fourth-order valence-electron chi connectivity index (χ4n) is 1.36. The van der Waals surface area contributed by atoms with E-state index in [2.05, 4.69) is 24.1 Å². The lowest BCUT2D eigenvalue weighted by Crippen LogP contribution is -2.32. The quantitative estimate of drug-likeness (QED) is 0.587. The van der Waals surface area contributed by atoms with Crippen LogP contribution in [-0.4, -0.2) is 58.1 Å². The van der Waals surface area contributed by atoms with Crippen LogP contribution < -0.4 is 5.32 Å². The van der Waals surface area contributed by atoms with Crippen molar-refractivity contribution < 1.29 is 8.42 Å². The molecule has 0 amide bonds. The van der Waals surface area contributed by atoms with Crippen LogP contribution >= 0.6 is 0 Å². The van der Waals surface area contributed by atoms with Gasteiger partial charge in [0.15, 0.2) is 0 Å². The Bertz CT molecular complexity index is 236. The van der Waals surface area contributed by atoms with Gasteiger partial charge in [-0.3, -0.25) is 0 Å². The molecule has 0 aliphatic carbocycles. The summed E-state index contributed by atoms with van der Waals surface area (Å²) in [5.41, 5.74) is 0. The molecule has 0 unspecified atom stereocenters. The van der Waals surface area contributed by atoms with Gasteiger partial charge in [0, 0.05) is 19.3 Å². The zero-order valence-electron chi connectivity index (χ0n) is 10.1. The van der Waals surface area contributed by atoms with E-state index in [0.29, 0.717) is 6.42 Å². The molecule has 0 bridgehead atoms. The normalized spacial score (nSPS) is 12.3. The molecule has 0 heterocycles. The summed E-state index contributed by atoms with van der Waals surface area (Å²) in [6.45, 7) is 9.19. The van der Waals surface area contributed by atoms with Crippen molar-refractivity contribution in [3.8, 4) is 0 Å². The molecule has 0 spiro atoms. The van der Waals surface area contributed by atoms with Crippen LogP contribution in [0.4, 0.5) is 0 Å². The van der Waals surface area contributed by atoms with E-state index in [1.165, 1.54) is 6.26 Å². The monoisotopic (exact) mass is 236 g/mol. The molecule has 0 aromatic rings. The second-order valence-electron chi connectivity index (χ2n) is 3.76. The van der Waals surface area contributed by atoms with E-state index in [-0.39, 0.29) is 5.75 Å². The predicted octanol–water partition coefficient (Wildman–Crippen LogP) is 0.353. The summed E-state index contributed by atoms with van der Waals surface area (Å²) in [5.74, 6) is 0.283. The zero-order valence-corrected chi connectivity index (χ0v) is 10.9. The molecule has 0 aromatic heterocycles. The minimum absolute atomic E-state index is 0.283. The van der Waals surface area contributed by atoms with Crippen LogP contribution in [-0.2, 0) is 9.84 Å². The predicted molar refractivity (Wildman–Crippen MR) is 65.0 cm³/mol. The smallest absolute Gasteiger partial charge is 0.147 e. The largest absolute Gasteiger partial charge is 0.315 e. The van der Waals surface area contributed by atoms with Crippen LogP contribution in [0, 0.1) is 0 Å². The van der Waals surface area contributed by atoms with Crippen LogP contribution in [0.2, 0.25) is 0 Å². The first-order chi connectivity index (χ1) is 6.99. The van der Waals surface area contributed by atoms with Crippen LogP contribution in [0.3, 0.4) is 0 Å². The van der Waals surface area contributed by atoms with Gasteiger partial charge in [-0.1, -0.05) is 13.8 Å². The van der Waals surface area contributed by atoms with Gasteiger partial charge < -0.3 is 10.2 Å². The second kappa shape index (κ2) is 8.07. The molecule has 0 aliphatic rings. The van der Waals surface area contributed by atoms with Crippen molar-refractivity contribution >= 4 is 9.84 Å². The summed E-state index contributed by atoms with van der Waals surface area (Å²) in [5, 5.41) is 3.25. The molecule has 0 atom stereocenters. The first kappa shape index (κ1) is 14.9. The van der Waals surface area contributed by atoms with Crippen molar-refractivity contribution in [3.05, 3.63) is 0 Å².